The third-order valence-corrected chi connectivity index (χ3v) is 8.56. The SMILES string of the molecule is CNCC(=O)C[C@H](C(=O)C1CCC[C@H]1c1nc(C(=O)c2ccc(F)cc2)cs1)C1CCN(C)CC1. The summed E-state index contributed by atoms with van der Waals surface area (Å²) in [6.07, 6.45) is 4.76. The molecule has 4 rings (SSSR count). The van der Waals surface area contributed by atoms with Gasteiger partial charge < -0.3 is 10.2 Å². The number of benzene rings is 1. The number of hydrogen-bond donors (Lipinski definition) is 1. The van der Waals surface area contributed by atoms with Gasteiger partial charge in [0.15, 0.2) is 0 Å². The Labute approximate surface area is 210 Å². The smallest absolute Gasteiger partial charge is 0.212 e. The molecule has 1 aromatic carbocycles. The van der Waals surface area contributed by atoms with Gasteiger partial charge in [0.05, 0.1) is 11.6 Å². The van der Waals surface area contributed by atoms with Crippen molar-refractivity contribution in [2.24, 2.45) is 17.8 Å². The molecule has 35 heavy (non-hydrogen) atoms. The van der Waals surface area contributed by atoms with E-state index in [9.17, 15) is 18.8 Å². The van der Waals surface area contributed by atoms with Crippen molar-refractivity contribution in [3.63, 3.8) is 0 Å². The van der Waals surface area contributed by atoms with Crippen molar-refractivity contribution >= 4 is 28.7 Å². The lowest BCUT2D eigenvalue weighted by Gasteiger charge is -2.35. The molecule has 0 spiro atoms. The van der Waals surface area contributed by atoms with Crippen LogP contribution in [0.4, 0.5) is 4.39 Å². The first-order valence-electron chi connectivity index (χ1n) is 12.5. The van der Waals surface area contributed by atoms with Gasteiger partial charge in [0.25, 0.3) is 0 Å². The fourth-order valence-electron chi connectivity index (χ4n) is 5.63. The number of carbonyl (C=O) groups excluding carboxylic acids is 3. The summed E-state index contributed by atoms with van der Waals surface area (Å²) in [5.41, 5.74) is 0.735. The first-order valence-corrected chi connectivity index (χ1v) is 13.4. The third-order valence-electron chi connectivity index (χ3n) is 7.58. The van der Waals surface area contributed by atoms with E-state index in [0.717, 1.165) is 50.2 Å². The van der Waals surface area contributed by atoms with Crippen LogP contribution in [-0.4, -0.2) is 61.0 Å². The molecule has 2 aromatic rings. The van der Waals surface area contributed by atoms with E-state index in [1.807, 2.05) is 0 Å². The van der Waals surface area contributed by atoms with Crippen molar-refractivity contribution in [3.8, 4) is 0 Å². The van der Waals surface area contributed by atoms with Gasteiger partial charge in [-0.3, -0.25) is 14.4 Å². The van der Waals surface area contributed by atoms with Gasteiger partial charge >= 0.3 is 0 Å². The second-order valence-electron chi connectivity index (χ2n) is 9.97. The molecule has 1 saturated heterocycles. The van der Waals surface area contributed by atoms with Crippen molar-refractivity contribution in [3.05, 3.63) is 51.7 Å². The zero-order valence-corrected chi connectivity index (χ0v) is 21.3. The predicted molar refractivity (Wildman–Crippen MR) is 134 cm³/mol. The van der Waals surface area contributed by atoms with Crippen molar-refractivity contribution in [1.29, 1.82) is 0 Å². The molecule has 0 radical (unpaired) electrons. The first-order chi connectivity index (χ1) is 16.9. The van der Waals surface area contributed by atoms with Gasteiger partial charge in [0, 0.05) is 35.1 Å². The molecule has 2 fully saturated rings. The lowest BCUT2D eigenvalue weighted by Crippen LogP contribution is -2.39. The highest BCUT2D eigenvalue weighted by molar-refractivity contribution is 7.10. The summed E-state index contributed by atoms with van der Waals surface area (Å²) in [7, 11) is 3.85. The number of piperidine rings is 1. The zero-order chi connectivity index (χ0) is 24.9. The molecule has 2 aliphatic rings. The first kappa shape index (κ1) is 25.8. The Kier molecular flexibility index (Phi) is 8.57. The minimum Gasteiger partial charge on any atom is -0.313 e. The number of likely N-dealkylation sites (N-methyl/N-ethyl adjacent to an activating group) is 1. The number of halogens is 1. The summed E-state index contributed by atoms with van der Waals surface area (Å²) in [4.78, 5) is 46.2. The predicted octanol–water partition coefficient (Wildman–Crippen LogP) is 4.10. The number of nitrogens with one attached hydrogen (secondary N) is 1. The second kappa shape index (κ2) is 11.6. The zero-order valence-electron chi connectivity index (χ0n) is 20.5. The Morgan fingerprint density at radius 1 is 1.14 bits per heavy atom. The molecular formula is C27H34FN3O3S. The summed E-state index contributed by atoms with van der Waals surface area (Å²) in [5, 5.41) is 5.48. The number of likely N-dealkylation sites (tertiary alicyclic amines) is 1. The Balaban J connectivity index is 1.52. The van der Waals surface area contributed by atoms with Crippen LogP contribution in [0, 0.1) is 23.6 Å². The number of carbonyl (C=O) groups is 3. The Hall–Kier alpha value is -2.29. The van der Waals surface area contributed by atoms with Gasteiger partial charge in [-0.25, -0.2) is 9.37 Å². The lowest BCUT2D eigenvalue weighted by atomic mass is 9.74. The molecular weight excluding hydrogens is 465 g/mol. The highest BCUT2D eigenvalue weighted by atomic mass is 32.1. The fraction of sp³-hybridized carbons (Fsp3) is 0.556. The van der Waals surface area contributed by atoms with E-state index in [4.69, 9.17) is 0 Å². The molecule has 1 aromatic heterocycles. The van der Waals surface area contributed by atoms with Crippen LogP contribution >= 0.6 is 11.3 Å². The fourth-order valence-corrected chi connectivity index (χ4v) is 6.63. The molecule has 6 nitrogen and oxygen atoms in total. The van der Waals surface area contributed by atoms with E-state index in [-0.39, 0.29) is 53.4 Å². The number of aromatic nitrogens is 1. The van der Waals surface area contributed by atoms with Gasteiger partial charge in [-0.15, -0.1) is 11.3 Å². The number of hydrogen-bond acceptors (Lipinski definition) is 7. The Morgan fingerprint density at radius 3 is 2.54 bits per heavy atom. The van der Waals surface area contributed by atoms with Gasteiger partial charge in [-0.05, 0) is 83.1 Å². The average Bonchev–Trinajstić information content (AvgIpc) is 3.53. The van der Waals surface area contributed by atoms with Crippen molar-refractivity contribution < 1.29 is 18.8 Å². The molecule has 3 atom stereocenters. The summed E-state index contributed by atoms with van der Waals surface area (Å²) < 4.78 is 13.2. The van der Waals surface area contributed by atoms with E-state index < -0.39 is 0 Å². The van der Waals surface area contributed by atoms with Crippen molar-refractivity contribution in [1.82, 2.24) is 15.2 Å². The summed E-state index contributed by atoms with van der Waals surface area (Å²) in [6.45, 7) is 2.18. The summed E-state index contributed by atoms with van der Waals surface area (Å²) in [5.74, 6) is -0.551. The maximum atomic E-state index is 13.9. The van der Waals surface area contributed by atoms with Crippen LogP contribution < -0.4 is 5.32 Å². The van der Waals surface area contributed by atoms with E-state index in [0.29, 0.717) is 17.7 Å². The molecule has 1 unspecified atom stereocenters. The van der Waals surface area contributed by atoms with E-state index in [1.165, 1.54) is 35.6 Å². The number of nitrogens with zero attached hydrogens (tertiary/aromatic N) is 2. The molecule has 1 N–H and O–H groups in total. The van der Waals surface area contributed by atoms with Crippen LogP contribution in [0.25, 0.3) is 0 Å². The van der Waals surface area contributed by atoms with E-state index in [2.05, 4.69) is 22.2 Å². The molecule has 1 saturated carbocycles. The van der Waals surface area contributed by atoms with Gasteiger partial charge in [-0.1, -0.05) is 6.42 Å². The standard InChI is InChI=1S/C27H34FN3O3S/c1-29-15-20(32)14-23(17-10-12-31(2)13-11-17)26(34)21-4-3-5-22(21)27-30-24(16-35-27)25(33)18-6-8-19(28)9-7-18/h6-9,16-17,21-23,29H,3-5,10-15H2,1-2H3/t21?,22-,23+/m1/s1. The van der Waals surface area contributed by atoms with Crippen LogP contribution in [0.5, 0.6) is 0 Å². The third kappa shape index (κ3) is 6.11. The number of Topliss-reactive ketones (excluding diaryl/α,β-unsaturated/α-hetero) is 2. The Bertz CT molecular complexity index is 1050. The number of thiazole rings is 1. The molecule has 1 aliphatic carbocycles. The number of rotatable bonds is 10. The van der Waals surface area contributed by atoms with Gasteiger partial charge in [-0.2, -0.15) is 0 Å². The molecule has 0 amide bonds. The molecule has 8 heteroatoms. The molecule has 2 heterocycles. The maximum Gasteiger partial charge on any atom is 0.212 e. The highest BCUT2D eigenvalue weighted by Crippen LogP contribution is 2.44. The van der Waals surface area contributed by atoms with E-state index in [1.54, 1.807) is 12.4 Å². The van der Waals surface area contributed by atoms with Gasteiger partial charge in [0.2, 0.25) is 5.78 Å². The minimum atomic E-state index is -0.389. The topological polar surface area (TPSA) is 79.4 Å². The number of ketones is 3. The van der Waals surface area contributed by atoms with Gasteiger partial charge in [0.1, 0.15) is 23.1 Å². The molecule has 1 aliphatic heterocycles. The van der Waals surface area contributed by atoms with Crippen LogP contribution in [0.1, 0.15) is 65.5 Å². The Morgan fingerprint density at radius 2 is 1.86 bits per heavy atom. The van der Waals surface area contributed by atoms with Crippen LogP contribution in [-0.2, 0) is 9.59 Å². The quantitative estimate of drug-likeness (QED) is 0.496. The largest absolute Gasteiger partial charge is 0.313 e. The van der Waals surface area contributed by atoms with Crippen LogP contribution in [0.2, 0.25) is 0 Å². The van der Waals surface area contributed by atoms with Crippen LogP contribution in [0.3, 0.4) is 0 Å². The highest BCUT2D eigenvalue weighted by Gasteiger charge is 2.42. The normalized spacial score (nSPS) is 22.3. The van der Waals surface area contributed by atoms with Crippen molar-refractivity contribution in [2.45, 2.75) is 44.4 Å². The summed E-state index contributed by atoms with van der Waals surface area (Å²) >= 11 is 1.42. The second-order valence-corrected chi connectivity index (χ2v) is 10.9. The van der Waals surface area contributed by atoms with Crippen molar-refractivity contribution in [2.75, 3.05) is 33.7 Å². The van der Waals surface area contributed by atoms with E-state index >= 15 is 0 Å². The minimum absolute atomic E-state index is 0.0181. The molecule has 0 bridgehead atoms. The monoisotopic (exact) mass is 499 g/mol. The van der Waals surface area contributed by atoms with Crippen LogP contribution in [0.15, 0.2) is 29.6 Å². The average molecular weight is 500 g/mol. The lowest BCUT2D eigenvalue weighted by molar-refractivity contribution is -0.133. The molecule has 188 valence electrons. The maximum absolute atomic E-state index is 13.9. The summed E-state index contributed by atoms with van der Waals surface area (Å²) in [6, 6.07) is 5.47.